The average Bonchev–Trinajstić information content (AvgIpc) is 3.44. The van der Waals surface area contributed by atoms with Crippen LogP contribution in [0.4, 0.5) is 17.3 Å². The van der Waals surface area contributed by atoms with E-state index in [1.165, 1.54) is 6.33 Å². The van der Waals surface area contributed by atoms with Crippen LogP contribution in [-0.4, -0.2) is 83.9 Å². The topological polar surface area (TPSA) is 147 Å². The lowest BCUT2D eigenvalue weighted by molar-refractivity contribution is -0.0222. The standard InChI is InChI=1S/C27H33N5O6/c1-15-6-4-5-7-19(15)20(16-8-17(36-2)10-18(9-16)37-3)11-31-14-32(26-22(31)25(28)29-13-30-26)27-24(35)23(34)21(12-33)38-27/h4-10,13,20-21,23-24,27,33-35H,11-12,14H2,1-3H3,(H2,28,29,30)/t20?,21-,23?,24?,27-/m1/s1. The molecule has 1 fully saturated rings. The van der Waals surface area contributed by atoms with Gasteiger partial charge in [0.05, 0.1) is 27.5 Å². The summed E-state index contributed by atoms with van der Waals surface area (Å²) in [5.74, 6) is 2.00. The number of hydrogen-bond donors (Lipinski definition) is 4. The zero-order valence-electron chi connectivity index (χ0n) is 21.6. The van der Waals surface area contributed by atoms with Gasteiger partial charge in [0, 0.05) is 18.5 Å². The highest BCUT2D eigenvalue weighted by Gasteiger charge is 2.48. The van der Waals surface area contributed by atoms with Crippen molar-refractivity contribution in [2.45, 2.75) is 37.4 Å². The number of anilines is 3. The third-order valence-corrected chi connectivity index (χ3v) is 7.31. The average molecular weight is 524 g/mol. The van der Waals surface area contributed by atoms with Gasteiger partial charge in [-0.2, -0.15) is 0 Å². The smallest absolute Gasteiger partial charge is 0.162 e. The molecule has 0 bridgehead atoms. The maximum Gasteiger partial charge on any atom is 0.162 e. The number of nitrogens with two attached hydrogens (primary N) is 1. The van der Waals surface area contributed by atoms with E-state index in [-0.39, 0.29) is 18.4 Å². The lowest BCUT2D eigenvalue weighted by Crippen LogP contribution is -2.46. The van der Waals surface area contributed by atoms with E-state index in [4.69, 9.17) is 19.9 Å². The van der Waals surface area contributed by atoms with Crippen molar-refractivity contribution in [1.29, 1.82) is 0 Å². The fraction of sp³-hybridized carbons (Fsp3) is 0.407. The molecule has 3 aromatic rings. The summed E-state index contributed by atoms with van der Waals surface area (Å²) in [6, 6.07) is 14.0. The Morgan fingerprint density at radius 3 is 2.42 bits per heavy atom. The van der Waals surface area contributed by atoms with Crippen LogP contribution >= 0.6 is 0 Å². The fourth-order valence-corrected chi connectivity index (χ4v) is 5.32. The van der Waals surface area contributed by atoms with Crippen LogP contribution in [0.1, 0.15) is 22.6 Å². The molecule has 5 N–H and O–H groups in total. The first-order valence-corrected chi connectivity index (χ1v) is 12.4. The summed E-state index contributed by atoms with van der Waals surface area (Å²) in [4.78, 5) is 12.5. The van der Waals surface area contributed by atoms with Crippen molar-refractivity contribution >= 4 is 17.3 Å². The number of benzene rings is 2. The molecule has 0 spiro atoms. The Morgan fingerprint density at radius 2 is 1.79 bits per heavy atom. The Hall–Kier alpha value is -3.64. The highest BCUT2D eigenvalue weighted by atomic mass is 16.6. The summed E-state index contributed by atoms with van der Waals surface area (Å²) in [7, 11) is 3.24. The number of aliphatic hydroxyl groups excluding tert-OH is 3. The van der Waals surface area contributed by atoms with E-state index >= 15 is 0 Å². The predicted octanol–water partition coefficient (Wildman–Crippen LogP) is 1.24. The second-order valence-corrected chi connectivity index (χ2v) is 9.55. The van der Waals surface area contributed by atoms with E-state index in [9.17, 15) is 15.3 Å². The van der Waals surface area contributed by atoms with Gasteiger partial charge < -0.3 is 45.1 Å². The Kier molecular flexibility index (Phi) is 7.26. The number of fused-ring (bicyclic) bond motifs is 1. The second-order valence-electron chi connectivity index (χ2n) is 9.55. The third kappa shape index (κ3) is 4.58. The van der Waals surface area contributed by atoms with E-state index in [2.05, 4.69) is 29.0 Å². The molecule has 5 atom stereocenters. The van der Waals surface area contributed by atoms with Gasteiger partial charge in [-0.15, -0.1) is 0 Å². The van der Waals surface area contributed by atoms with Crippen molar-refractivity contribution in [2.24, 2.45) is 0 Å². The van der Waals surface area contributed by atoms with Crippen molar-refractivity contribution in [3.63, 3.8) is 0 Å². The minimum atomic E-state index is -1.24. The molecule has 3 unspecified atom stereocenters. The summed E-state index contributed by atoms with van der Waals surface area (Å²) in [5, 5.41) is 30.7. The van der Waals surface area contributed by atoms with Crippen LogP contribution in [0.5, 0.6) is 11.5 Å². The zero-order chi connectivity index (χ0) is 27.0. The van der Waals surface area contributed by atoms with Gasteiger partial charge in [-0.05, 0) is 35.7 Å². The lowest BCUT2D eigenvalue weighted by Gasteiger charge is -2.30. The van der Waals surface area contributed by atoms with Gasteiger partial charge in [-0.1, -0.05) is 24.3 Å². The van der Waals surface area contributed by atoms with Gasteiger partial charge >= 0.3 is 0 Å². The van der Waals surface area contributed by atoms with Crippen LogP contribution in [-0.2, 0) is 4.74 Å². The molecule has 0 amide bonds. The minimum absolute atomic E-state index is 0.127. The van der Waals surface area contributed by atoms with Crippen LogP contribution < -0.4 is 25.0 Å². The monoisotopic (exact) mass is 523 g/mol. The van der Waals surface area contributed by atoms with Crippen molar-refractivity contribution in [2.75, 3.05) is 49.6 Å². The zero-order valence-corrected chi connectivity index (χ0v) is 21.6. The van der Waals surface area contributed by atoms with E-state index in [0.29, 0.717) is 29.5 Å². The van der Waals surface area contributed by atoms with Crippen molar-refractivity contribution < 1.29 is 29.5 Å². The molecule has 5 rings (SSSR count). The van der Waals surface area contributed by atoms with Gasteiger partial charge in [-0.3, -0.25) is 0 Å². The Balaban J connectivity index is 1.56. The molecule has 38 heavy (non-hydrogen) atoms. The number of methoxy groups -OCH3 is 2. The van der Waals surface area contributed by atoms with Gasteiger partial charge in [0.1, 0.15) is 41.8 Å². The van der Waals surface area contributed by atoms with E-state index in [1.807, 2.05) is 35.2 Å². The molecule has 2 aliphatic heterocycles. The Bertz CT molecular complexity index is 1270. The van der Waals surface area contributed by atoms with E-state index < -0.39 is 31.1 Å². The molecular formula is C27H33N5O6. The molecule has 1 aromatic heterocycles. The highest BCUT2D eigenvalue weighted by Crippen LogP contribution is 2.43. The quantitative estimate of drug-likeness (QED) is 0.338. The first-order valence-electron chi connectivity index (χ1n) is 12.4. The molecule has 2 aromatic carbocycles. The predicted molar refractivity (Wildman–Crippen MR) is 141 cm³/mol. The molecule has 202 valence electrons. The van der Waals surface area contributed by atoms with Crippen molar-refractivity contribution in [3.8, 4) is 11.5 Å². The van der Waals surface area contributed by atoms with Crippen molar-refractivity contribution in [1.82, 2.24) is 9.97 Å². The van der Waals surface area contributed by atoms with Gasteiger partial charge in [0.15, 0.2) is 17.9 Å². The number of nitrogens with zero attached hydrogens (tertiary/aromatic N) is 4. The number of aliphatic hydroxyl groups is 3. The lowest BCUT2D eigenvalue weighted by atomic mass is 9.87. The van der Waals surface area contributed by atoms with Gasteiger partial charge in [0.25, 0.3) is 0 Å². The molecule has 0 aliphatic carbocycles. The number of hydrogen-bond acceptors (Lipinski definition) is 11. The van der Waals surface area contributed by atoms with Crippen LogP contribution in [0, 0.1) is 6.92 Å². The summed E-state index contributed by atoms with van der Waals surface area (Å²) < 4.78 is 16.9. The summed E-state index contributed by atoms with van der Waals surface area (Å²) in [6.45, 7) is 2.41. The van der Waals surface area contributed by atoms with Crippen LogP contribution in [0.25, 0.3) is 0 Å². The molecule has 3 heterocycles. The second kappa shape index (κ2) is 10.6. The molecule has 1 saturated heterocycles. The number of nitrogen functional groups attached to an aromatic ring is 1. The van der Waals surface area contributed by atoms with Gasteiger partial charge in [-0.25, -0.2) is 9.97 Å². The third-order valence-electron chi connectivity index (χ3n) is 7.31. The Labute approximate surface area is 221 Å². The molecule has 11 heteroatoms. The number of aromatic nitrogens is 2. The Morgan fingerprint density at radius 1 is 1.08 bits per heavy atom. The summed E-state index contributed by atoms with van der Waals surface area (Å²) in [5.41, 5.74) is 10.2. The maximum absolute atomic E-state index is 10.7. The molecule has 0 radical (unpaired) electrons. The molecule has 11 nitrogen and oxygen atoms in total. The first-order chi connectivity index (χ1) is 18.4. The largest absolute Gasteiger partial charge is 0.497 e. The SMILES string of the molecule is COc1cc(OC)cc(C(CN2CN([C@@H]3O[C@H](CO)C(O)C3O)c3ncnc(N)c32)c2ccccc2C)c1. The maximum atomic E-state index is 10.7. The first kappa shape index (κ1) is 26.0. The normalized spacial score (nSPS) is 23.4. The number of rotatable bonds is 8. The molecular weight excluding hydrogens is 490 g/mol. The van der Waals surface area contributed by atoms with E-state index in [1.54, 1.807) is 19.1 Å². The van der Waals surface area contributed by atoms with E-state index in [0.717, 1.165) is 16.7 Å². The van der Waals surface area contributed by atoms with Crippen molar-refractivity contribution in [3.05, 3.63) is 65.5 Å². The fourth-order valence-electron chi connectivity index (χ4n) is 5.32. The van der Waals surface area contributed by atoms with Crippen LogP contribution in [0.3, 0.4) is 0 Å². The highest BCUT2D eigenvalue weighted by molar-refractivity contribution is 5.82. The molecule has 0 saturated carbocycles. The van der Waals surface area contributed by atoms with Crippen LogP contribution in [0.15, 0.2) is 48.8 Å². The number of aryl methyl sites for hydroxylation is 1. The minimum Gasteiger partial charge on any atom is -0.497 e. The number of ether oxygens (including phenoxy) is 3. The van der Waals surface area contributed by atoms with Crippen LogP contribution in [0.2, 0.25) is 0 Å². The summed E-state index contributed by atoms with van der Waals surface area (Å²) >= 11 is 0. The van der Waals surface area contributed by atoms with Gasteiger partial charge in [0.2, 0.25) is 0 Å². The molecule has 2 aliphatic rings. The summed E-state index contributed by atoms with van der Waals surface area (Å²) in [6.07, 6.45) is -2.95.